The lowest BCUT2D eigenvalue weighted by Crippen LogP contribution is -2.18. The Balaban J connectivity index is 0.000000211. The molecule has 0 saturated carbocycles. The number of rotatable bonds is 2. The zero-order valence-corrected chi connectivity index (χ0v) is 18.6. The average Bonchev–Trinajstić information content (AvgIpc) is 2.58. The molecular formula is C24H33N3O2. The van der Waals surface area contributed by atoms with Crippen molar-refractivity contribution in [1.82, 2.24) is 10.2 Å². The van der Waals surface area contributed by atoms with Gasteiger partial charge in [0.1, 0.15) is 5.75 Å². The minimum Gasteiger partial charge on any atom is -0.423 e. The fourth-order valence-corrected chi connectivity index (χ4v) is 2.98. The molecule has 0 aliphatic heterocycles. The van der Waals surface area contributed by atoms with Crippen LogP contribution in [0.25, 0.3) is 11.0 Å². The lowest BCUT2D eigenvalue weighted by molar-refractivity contribution is -0.128. The number of fused-ring (bicyclic) bond motifs is 1. The van der Waals surface area contributed by atoms with Crippen molar-refractivity contribution in [1.29, 1.82) is 0 Å². The summed E-state index contributed by atoms with van der Waals surface area (Å²) < 4.78 is 4.91. The number of anilines is 1. The molecular weight excluding hydrogens is 362 g/mol. The van der Waals surface area contributed by atoms with E-state index < -0.39 is 5.97 Å². The minimum absolute atomic E-state index is 0.152. The predicted octanol–water partition coefficient (Wildman–Crippen LogP) is 5.76. The maximum absolute atomic E-state index is 10.8. The van der Waals surface area contributed by atoms with Gasteiger partial charge in [-0.2, -0.15) is 0 Å². The third-order valence-electron chi connectivity index (χ3n) is 4.83. The molecule has 156 valence electrons. The Hall–Kier alpha value is -2.95. The predicted molar refractivity (Wildman–Crippen MR) is 121 cm³/mol. The zero-order chi connectivity index (χ0) is 22.0. The number of benzene rings is 2. The lowest BCUT2D eigenvalue weighted by Gasteiger charge is -2.27. The number of aromatic amines is 2. The number of nitrogen functional groups attached to an aromatic ring is 1. The molecule has 1 heterocycles. The molecule has 1 aromatic heterocycles. The summed E-state index contributed by atoms with van der Waals surface area (Å²) in [5.74, 6) is 0.0601. The van der Waals surface area contributed by atoms with Gasteiger partial charge < -0.3 is 10.5 Å². The van der Waals surface area contributed by atoms with Crippen LogP contribution in [0.2, 0.25) is 0 Å². The number of esters is 1. The molecule has 0 radical (unpaired) electrons. The van der Waals surface area contributed by atoms with E-state index >= 15 is 0 Å². The maximum Gasteiger partial charge on any atom is 0.335 e. The molecule has 0 aliphatic rings. The van der Waals surface area contributed by atoms with Crippen LogP contribution in [0.4, 0.5) is 5.69 Å². The van der Waals surface area contributed by atoms with Gasteiger partial charge in [-0.15, -0.1) is 0 Å². The first kappa shape index (κ1) is 22.3. The topological polar surface area (TPSA) is 83.9 Å². The Morgan fingerprint density at radius 3 is 2.07 bits per heavy atom. The number of carbonyl (C=O) groups is 1. The Bertz CT molecular complexity index is 1010. The fourth-order valence-electron chi connectivity index (χ4n) is 2.98. The standard InChI is InChI=1S/C15H25N.C9H8N2O2/c1-10-12(15(5,6)7)8-11(9-13(10)16)14(2,3)4;1-2-9(12)13-6-3-4-7-8(5-6)11-10-7/h8-9H,16H2,1-7H3;2-5,10-11H,1H2. The number of aromatic nitrogens is 2. The summed E-state index contributed by atoms with van der Waals surface area (Å²) >= 11 is 0. The second-order valence-electron chi connectivity index (χ2n) is 9.32. The first-order valence-electron chi connectivity index (χ1n) is 9.74. The van der Waals surface area contributed by atoms with E-state index in [0.29, 0.717) is 5.75 Å². The third-order valence-corrected chi connectivity index (χ3v) is 4.83. The van der Waals surface area contributed by atoms with Crippen LogP contribution in [0.5, 0.6) is 5.75 Å². The molecule has 4 N–H and O–H groups in total. The highest BCUT2D eigenvalue weighted by Gasteiger charge is 2.22. The SMILES string of the molecule is C=CC(=O)Oc1ccc2[nH][nH]c2c1.Cc1c(N)cc(C(C)(C)C)cc1C(C)(C)C. The van der Waals surface area contributed by atoms with Crippen LogP contribution in [-0.4, -0.2) is 16.2 Å². The van der Waals surface area contributed by atoms with E-state index in [1.54, 1.807) is 12.1 Å². The van der Waals surface area contributed by atoms with Gasteiger partial charge in [0.05, 0.1) is 11.0 Å². The molecule has 0 spiro atoms. The van der Waals surface area contributed by atoms with Crippen molar-refractivity contribution in [3.05, 3.63) is 59.7 Å². The third kappa shape index (κ3) is 5.53. The summed E-state index contributed by atoms with van der Waals surface area (Å²) in [5.41, 5.74) is 13.2. The largest absolute Gasteiger partial charge is 0.423 e. The molecule has 0 atom stereocenters. The molecule has 3 aromatic rings. The van der Waals surface area contributed by atoms with Crippen LogP contribution in [0.15, 0.2) is 43.0 Å². The number of nitrogens with two attached hydrogens (primary N) is 1. The highest BCUT2D eigenvalue weighted by atomic mass is 16.5. The summed E-state index contributed by atoms with van der Waals surface area (Å²) in [6, 6.07) is 9.72. The van der Waals surface area contributed by atoms with E-state index in [2.05, 4.69) is 77.4 Å². The molecule has 5 heteroatoms. The summed E-state index contributed by atoms with van der Waals surface area (Å²) in [5, 5.41) is 5.73. The van der Waals surface area contributed by atoms with Crippen LogP contribution in [-0.2, 0) is 15.6 Å². The van der Waals surface area contributed by atoms with Crippen molar-refractivity contribution in [2.24, 2.45) is 0 Å². The first-order chi connectivity index (χ1) is 13.3. The van der Waals surface area contributed by atoms with Crippen LogP contribution in [0, 0.1) is 6.92 Å². The van der Waals surface area contributed by atoms with E-state index in [1.165, 1.54) is 16.7 Å². The zero-order valence-electron chi connectivity index (χ0n) is 18.6. The summed E-state index contributed by atoms with van der Waals surface area (Å²) in [6.45, 7) is 18.8. The second-order valence-corrected chi connectivity index (χ2v) is 9.32. The fraction of sp³-hybridized carbons (Fsp3) is 0.375. The van der Waals surface area contributed by atoms with E-state index in [9.17, 15) is 4.79 Å². The number of H-pyrrole nitrogens is 2. The van der Waals surface area contributed by atoms with Crippen molar-refractivity contribution < 1.29 is 9.53 Å². The van der Waals surface area contributed by atoms with Crippen LogP contribution >= 0.6 is 0 Å². The monoisotopic (exact) mass is 395 g/mol. The number of hydrogen-bond donors (Lipinski definition) is 3. The van der Waals surface area contributed by atoms with E-state index in [0.717, 1.165) is 22.8 Å². The van der Waals surface area contributed by atoms with E-state index in [1.807, 2.05) is 6.07 Å². The molecule has 29 heavy (non-hydrogen) atoms. The molecule has 0 unspecified atom stereocenters. The minimum atomic E-state index is -0.452. The number of nitrogens with one attached hydrogen (secondary N) is 2. The Morgan fingerprint density at radius 1 is 1.00 bits per heavy atom. The van der Waals surface area contributed by atoms with Crippen molar-refractivity contribution in [2.75, 3.05) is 5.73 Å². The van der Waals surface area contributed by atoms with E-state index in [4.69, 9.17) is 10.5 Å². The van der Waals surface area contributed by atoms with Gasteiger partial charge in [-0.1, -0.05) is 54.2 Å². The average molecular weight is 396 g/mol. The molecule has 0 bridgehead atoms. The van der Waals surface area contributed by atoms with Gasteiger partial charge in [0.15, 0.2) is 0 Å². The van der Waals surface area contributed by atoms with Crippen molar-refractivity contribution in [3.8, 4) is 5.75 Å². The summed E-state index contributed by atoms with van der Waals surface area (Å²) in [6.07, 6.45) is 1.13. The number of carbonyl (C=O) groups excluding carboxylic acids is 1. The molecule has 3 rings (SSSR count). The normalized spacial score (nSPS) is 11.7. The Labute approximate surface area is 173 Å². The van der Waals surface area contributed by atoms with Crippen LogP contribution in [0.3, 0.4) is 0 Å². The van der Waals surface area contributed by atoms with Gasteiger partial charge in [-0.3, -0.25) is 10.2 Å². The Morgan fingerprint density at radius 2 is 1.62 bits per heavy atom. The summed E-state index contributed by atoms with van der Waals surface area (Å²) in [7, 11) is 0. The molecule has 0 amide bonds. The van der Waals surface area contributed by atoms with Gasteiger partial charge in [0.2, 0.25) is 0 Å². The van der Waals surface area contributed by atoms with Crippen molar-refractivity contribution >= 4 is 22.7 Å². The van der Waals surface area contributed by atoms with Gasteiger partial charge in [0, 0.05) is 17.8 Å². The quantitative estimate of drug-likeness (QED) is 0.223. The van der Waals surface area contributed by atoms with Crippen molar-refractivity contribution in [3.63, 3.8) is 0 Å². The maximum atomic E-state index is 10.8. The van der Waals surface area contributed by atoms with Crippen LogP contribution < -0.4 is 10.5 Å². The van der Waals surface area contributed by atoms with Gasteiger partial charge in [-0.25, -0.2) is 4.79 Å². The molecule has 5 nitrogen and oxygen atoms in total. The molecule has 2 aromatic carbocycles. The van der Waals surface area contributed by atoms with Crippen LogP contribution in [0.1, 0.15) is 58.2 Å². The lowest BCUT2D eigenvalue weighted by atomic mass is 9.78. The smallest absolute Gasteiger partial charge is 0.335 e. The Kier molecular flexibility index (Phi) is 6.31. The molecule has 0 aliphatic carbocycles. The van der Waals surface area contributed by atoms with Gasteiger partial charge in [-0.05, 0) is 52.6 Å². The first-order valence-corrected chi connectivity index (χ1v) is 9.74. The van der Waals surface area contributed by atoms with E-state index in [-0.39, 0.29) is 10.8 Å². The summed E-state index contributed by atoms with van der Waals surface area (Å²) in [4.78, 5) is 10.8. The number of ether oxygens (including phenoxy) is 1. The highest BCUT2D eigenvalue weighted by molar-refractivity contribution is 5.85. The van der Waals surface area contributed by atoms with Crippen molar-refractivity contribution in [2.45, 2.75) is 59.3 Å². The molecule has 0 fully saturated rings. The van der Waals surface area contributed by atoms with Gasteiger partial charge >= 0.3 is 5.97 Å². The van der Waals surface area contributed by atoms with Gasteiger partial charge in [0.25, 0.3) is 0 Å². The molecule has 0 saturated heterocycles. The highest BCUT2D eigenvalue weighted by Crippen LogP contribution is 2.34. The second kappa shape index (κ2) is 8.19. The number of hydrogen-bond acceptors (Lipinski definition) is 3.